The average Bonchev–Trinajstić information content (AvgIpc) is 2.58. The van der Waals surface area contributed by atoms with Crippen molar-refractivity contribution in [2.45, 2.75) is 31.4 Å². The third-order valence-electron chi connectivity index (χ3n) is 4.29. The SMILES string of the molecule is N#CC1(N(C(=O)OCc2ccccc2)c2ccc(Cl)cc2)CCC1. The molecular formula is C19H17ClN2O2. The summed E-state index contributed by atoms with van der Waals surface area (Å²) in [6.07, 6.45) is 1.70. The van der Waals surface area contributed by atoms with Gasteiger partial charge in [0.05, 0.1) is 6.07 Å². The Hall–Kier alpha value is -2.51. The maximum Gasteiger partial charge on any atom is 0.415 e. The molecule has 0 saturated heterocycles. The second kappa shape index (κ2) is 6.94. The van der Waals surface area contributed by atoms with Gasteiger partial charge in [-0.2, -0.15) is 5.26 Å². The van der Waals surface area contributed by atoms with Crippen LogP contribution in [0.15, 0.2) is 54.6 Å². The number of carbonyl (C=O) groups is 1. The first-order valence-electron chi connectivity index (χ1n) is 7.82. The van der Waals surface area contributed by atoms with Gasteiger partial charge in [0, 0.05) is 10.7 Å². The molecule has 1 fully saturated rings. The molecule has 0 spiro atoms. The van der Waals surface area contributed by atoms with Crippen molar-refractivity contribution in [3.8, 4) is 6.07 Å². The molecule has 1 aliphatic carbocycles. The van der Waals surface area contributed by atoms with Crippen LogP contribution in [0.1, 0.15) is 24.8 Å². The van der Waals surface area contributed by atoms with Gasteiger partial charge < -0.3 is 4.74 Å². The largest absolute Gasteiger partial charge is 0.444 e. The Labute approximate surface area is 146 Å². The first-order valence-corrected chi connectivity index (χ1v) is 8.20. The van der Waals surface area contributed by atoms with Crippen LogP contribution in [0.5, 0.6) is 0 Å². The van der Waals surface area contributed by atoms with Crippen molar-refractivity contribution < 1.29 is 9.53 Å². The molecule has 0 atom stereocenters. The highest BCUT2D eigenvalue weighted by Crippen LogP contribution is 2.40. The minimum absolute atomic E-state index is 0.172. The summed E-state index contributed by atoms with van der Waals surface area (Å²) in [4.78, 5) is 14.2. The summed E-state index contributed by atoms with van der Waals surface area (Å²) in [5.74, 6) is 0. The Morgan fingerprint density at radius 1 is 1.17 bits per heavy atom. The van der Waals surface area contributed by atoms with Crippen molar-refractivity contribution in [1.82, 2.24) is 0 Å². The summed E-state index contributed by atoms with van der Waals surface area (Å²) in [5.41, 5.74) is 0.696. The number of benzene rings is 2. The normalized spacial score (nSPS) is 15.0. The zero-order chi connectivity index (χ0) is 17.0. The van der Waals surface area contributed by atoms with E-state index in [2.05, 4.69) is 6.07 Å². The number of hydrogen-bond acceptors (Lipinski definition) is 3. The van der Waals surface area contributed by atoms with Crippen LogP contribution >= 0.6 is 11.6 Å². The monoisotopic (exact) mass is 340 g/mol. The molecule has 2 aromatic rings. The quantitative estimate of drug-likeness (QED) is 0.793. The summed E-state index contributed by atoms with van der Waals surface area (Å²) < 4.78 is 5.46. The highest BCUT2D eigenvalue weighted by atomic mass is 35.5. The molecule has 0 aromatic heterocycles. The minimum Gasteiger partial charge on any atom is -0.444 e. The molecule has 1 amide bonds. The summed E-state index contributed by atoms with van der Waals surface area (Å²) in [7, 11) is 0. The lowest BCUT2D eigenvalue weighted by atomic mass is 9.76. The van der Waals surface area contributed by atoms with E-state index in [-0.39, 0.29) is 6.61 Å². The number of hydrogen-bond donors (Lipinski definition) is 0. The van der Waals surface area contributed by atoms with E-state index in [1.807, 2.05) is 30.3 Å². The zero-order valence-electron chi connectivity index (χ0n) is 13.1. The van der Waals surface area contributed by atoms with Gasteiger partial charge in [-0.25, -0.2) is 4.79 Å². The van der Waals surface area contributed by atoms with Crippen molar-refractivity contribution in [3.05, 3.63) is 65.2 Å². The molecule has 2 aromatic carbocycles. The molecular weight excluding hydrogens is 324 g/mol. The third-order valence-corrected chi connectivity index (χ3v) is 4.54. The van der Waals surface area contributed by atoms with Gasteiger partial charge in [0.25, 0.3) is 0 Å². The van der Waals surface area contributed by atoms with Crippen LogP contribution in [-0.2, 0) is 11.3 Å². The fourth-order valence-corrected chi connectivity index (χ4v) is 2.92. The van der Waals surface area contributed by atoms with Crippen molar-refractivity contribution in [2.24, 2.45) is 0 Å². The first-order chi connectivity index (χ1) is 11.6. The Bertz CT molecular complexity index is 749. The molecule has 0 heterocycles. The Balaban J connectivity index is 1.83. The molecule has 24 heavy (non-hydrogen) atoms. The standard InChI is InChI=1S/C19H17ClN2O2/c20-16-7-9-17(10-8-16)22(19(14-21)11-4-12-19)18(23)24-13-15-5-2-1-3-6-15/h1-3,5-10H,4,11-13H2. The van der Waals surface area contributed by atoms with Crippen LogP contribution in [0, 0.1) is 11.3 Å². The molecule has 0 N–H and O–H groups in total. The number of halogens is 1. The van der Waals surface area contributed by atoms with Gasteiger partial charge in [-0.15, -0.1) is 0 Å². The van der Waals surface area contributed by atoms with Crippen molar-refractivity contribution >= 4 is 23.4 Å². The molecule has 1 aliphatic rings. The van der Waals surface area contributed by atoms with Crippen LogP contribution in [0.2, 0.25) is 5.02 Å². The number of nitriles is 1. The summed E-state index contributed by atoms with van der Waals surface area (Å²) >= 11 is 5.93. The van der Waals surface area contributed by atoms with E-state index in [1.165, 1.54) is 4.90 Å². The molecule has 0 bridgehead atoms. The van der Waals surface area contributed by atoms with Crippen LogP contribution in [0.3, 0.4) is 0 Å². The van der Waals surface area contributed by atoms with Crippen LogP contribution in [0.4, 0.5) is 10.5 Å². The van der Waals surface area contributed by atoms with Gasteiger partial charge in [-0.05, 0) is 49.1 Å². The minimum atomic E-state index is -0.832. The van der Waals surface area contributed by atoms with Gasteiger partial charge >= 0.3 is 6.09 Å². The lowest BCUT2D eigenvalue weighted by molar-refractivity contribution is 0.135. The van der Waals surface area contributed by atoms with Gasteiger partial charge in [0.2, 0.25) is 0 Å². The second-order valence-electron chi connectivity index (χ2n) is 5.85. The van der Waals surface area contributed by atoms with Crippen molar-refractivity contribution in [2.75, 3.05) is 4.90 Å². The van der Waals surface area contributed by atoms with E-state index in [0.717, 1.165) is 12.0 Å². The van der Waals surface area contributed by atoms with Crippen molar-refractivity contribution in [3.63, 3.8) is 0 Å². The van der Waals surface area contributed by atoms with E-state index in [0.29, 0.717) is 23.6 Å². The third kappa shape index (κ3) is 3.22. The lowest BCUT2D eigenvalue weighted by Gasteiger charge is -2.44. The van der Waals surface area contributed by atoms with E-state index in [4.69, 9.17) is 16.3 Å². The highest BCUT2D eigenvalue weighted by Gasteiger charge is 2.47. The highest BCUT2D eigenvalue weighted by molar-refractivity contribution is 6.30. The van der Waals surface area contributed by atoms with Crippen LogP contribution in [0.25, 0.3) is 0 Å². The number of rotatable bonds is 4. The molecule has 0 aliphatic heterocycles. The molecule has 1 saturated carbocycles. The Morgan fingerprint density at radius 2 is 1.83 bits per heavy atom. The number of nitrogens with zero attached hydrogens (tertiary/aromatic N) is 2. The molecule has 0 unspecified atom stereocenters. The Kier molecular flexibility index (Phi) is 4.73. The molecule has 4 nitrogen and oxygen atoms in total. The summed E-state index contributed by atoms with van der Waals surface area (Å²) in [5, 5.41) is 10.2. The molecule has 122 valence electrons. The number of ether oxygens (including phenoxy) is 1. The number of amides is 1. The van der Waals surface area contributed by atoms with Gasteiger partial charge in [-0.1, -0.05) is 41.9 Å². The van der Waals surface area contributed by atoms with E-state index >= 15 is 0 Å². The van der Waals surface area contributed by atoms with E-state index in [1.54, 1.807) is 24.3 Å². The van der Waals surface area contributed by atoms with Crippen LogP contribution < -0.4 is 4.90 Å². The first kappa shape index (κ1) is 16.4. The van der Waals surface area contributed by atoms with Gasteiger partial charge in [-0.3, -0.25) is 4.90 Å². The predicted molar refractivity (Wildman–Crippen MR) is 92.8 cm³/mol. The lowest BCUT2D eigenvalue weighted by Crippen LogP contribution is -2.56. The summed E-state index contributed by atoms with van der Waals surface area (Å²) in [6.45, 7) is 0.172. The zero-order valence-corrected chi connectivity index (χ0v) is 13.9. The van der Waals surface area contributed by atoms with Gasteiger partial charge in [0.15, 0.2) is 0 Å². The average molecular weight is 341 g/mol. The number of anilines is 1. The molecule has 5 heteroatoms. The number of carbonyl (C=O) groups excluding carboxylic acids is 1. The fraction of sp³-hybridized carbons (Fsp3) is 0.263. The summed E-state index contributed by atoms with van der Waals surface area (Å²) in [6, 6.07) is 18.7. The second-order valence-corrected chi connectivity index (χ2v) is 6.29. The van der Waals surface area contributed by atoms with Crippen molar-refractivity contribution in [1.29, 1.82) is 5.26 Å². The smallest absolute Gasteiger partial charge is 0.415 e. The predicted octanol–water partition coefficient (Wildman–Crippen LogP) is 4.93. The maximum absolute atomic E-state index is 12.7. The Morgan fingerprint density at radius 3 is 2.38 bits per heavy atom. The fourth-order valence-electron chi connectivity index (χ4n) is 2.80. The van der Waals surface area contributed by atoms with E-state index < -0.39 is 11.6 Å². The maximum atomic E-state index is 12.7. The topological polar surface area (TPSA) is 53.3 Å². The molecule has 3 rings (SSSR count). The van der Waals surface area contributed by atoms with Gasteiger partial charge in [0.1, 0.15) is 12.1 Å². The van der Waals surface area contributed by atoms with E-state index in [9.17, 15) is 10.1 Å². The van der Waals surface area contributed by atoms with Crippen LogP contribution in [-0.4, -0.2) is 11.6 Å². The molecule has 0 radical (unpaired) electrons.